The molecular formula is C22H24N4O3. The van der Waals surface area contributed by atoms with E-state index >= 15 is 0 Å². The van der Waals surface area contributed by atoms with Gasteiger partial charge in [-0.15, -0.1) is 0 Å². The van der Waals surface area contributed by atoms with Gasteiger partial charge in [-0.1, -0.05) is 13.8 Å². The number of rotatable bonds is 5. The van der Waals surface area contributed by atoms with Crippen LogP contribution in [-0.4, -0.2) is 28.4 Å². The standard InChI is InChI=1S/C22H24N4O3/c1-13(2)19-10-16-8-15(11-23)9-17(21(16)29-19)12-26-14(3)7-20(25-26)24-22(27)18-5-4-6-28-18/h7-10,13,18H,4-6,12H2,1-3H3,(H,24,25,27). The second-order valence-corrected chi connectivity index (χ2v) is 7.79. The summed E-state index contributed by atoms with van der Waals surface area (Å²) >= 11 is 0. The minimum absolute atomic E-state index is 0.159. The molecule has 1 aliphatic heterocycles. The Morgan fingerprint density at radius 2 is 2.21 bits per heavy atom. The molecule has 0 spiro atoms. The number of benzene rings is 1. The van der Waals surface area contributed by atoms with E-state index in [9.17, 15) is 10.1 Å². The third-order valence-corrected chi connectivity index (χ3v) is 5.19. The Morgan fingerprint density at radius 3 is 2.90 bits per heavy atom. The summed E-state index contributed by atoms with van der Waals surface area (Å²) in [6, 6.07) is 9.73. The number of carbonyl (C=O) groups excluding carboxylic acids is 1. The zero-order valence-electron chi connectivity index (χ0n) is 16.9. The number of carbonyl (C=O) groups is 1. The highest BCUT2D eigenvalue weighted by molar-refractivity contribution is 5.93. The SMILES string of the molecule is Cc1cc(NC(=O)C2CCCO2)nn1Cc1cc(C#N)cc2cc(C(C)C)oc12. The van der Waals surface area contributed by atoms with Crippen molar-refractivity contribution in [3.8, 4) is 6.07 Å². The van der Waals surface area contributed by atoms with E-state index < -0.39 is 6.10 Å². The second kappa shape index (κ2) is 7.72. The molecule has 7 nitrogen and oxygen atoms in total. The highest BCUT2D eigenvalue weighted by Gasteiger charge is 2.24. The van der Waals surface area contributed by atoms with Crippen LogP contribution in [0, 0.1) is 18.3 Å². The first-order valence-electron chi connectivity index (χ1n) is 9.88. The maximum atomic E-state index is 12.3. The number of nitriles is 1. The normalized spacial score (nSPS) is 16.4. The second-order valence-electron chi connectivity index (χ2n) is 7.79. The fourth-order valence-electron chi connectivity index (χ4n) is 3.60. The van der Waals surface area contributed by atoms with Gasteiger partial charge in [-0.25, -0.2) is 0 Å². The molecule has 0 aliphatic carbocycles. The van der Waals surface area contributed by atoms with Crippen LogP contribution in [0.3, 0.4) is 0 Å². The summed E-state index contributed by atoms with van der Waals surface area (Å²) in [5.74, 6) is 1.48. The number of fused-ring (bicyclic) bond motifs is 1. The average molecular weight is 392 g/mol. The predicted molar refractivity (Wildman–Crippen MR) is 109 cm³/mol. The number of hydrogen-bond donors (Lipinski definition) is 1. The number of hydrogen-bond acceptors (Lipinski definition) is 5. The highest BCUT2D eigenvalue weighted by Crippen LogP contribution is 2.29. The molecule has 1 atom stereocenters. The lowest BCUT2D eigenvalue weighted by Crippen LogP contribution is -2.27. The van der Waals surface area contributed by atoms with Gasteiger partial charge >= 0.3 is 0 Å². The molecular weight excluding hydrogens is 368 g/mol. The largest absolute Gasteiger partial charge is 0.460 e. The van der Waals surface area contributed by atoms with Gasteiger partial charge in [0.25, 0.3) is 5.91 Å². The summed E-state index contributed by atoms with van der Waals surface area (Å²) in [7, 11) is 0. The van der Waals surface area contributed by atoms with E-state index in [0.29, 0.717) is 24.5 Å². The lowest BCUT2D eigenvalue weighted by molar-refractivity contribution is -0.124. The molecule has 1 aliphatic rings. The average Bonchev–Trinajstić information content (AvgIpc) is 3.42. The van der Waals surface area contributed by atoms with Crippen molar-refractivity contribution >= 4 is 22.7 Å². The van der Waals surface area contributed by atoms with Crippen LogP contribution in [0.15, 0.2) is 28.7 Å². The number of nitrogens with zero attached hydrogens (tertiary/aromatic N) is 3. The van der Waals surface area contributed by atoms with Gasteiger partial charge in [0.05, 0.1) is 18.2 Å². The van der Waals surface area contributed by atoms with Gasteiger partial charge in [0, 0.05) is 35.2 Å². The molecule has 3 heterocycles. The summed E-state index contributed by atoms with van der Waals surface area (Å²) in [4.78, 5) is 12.3. The van der Waals surface area contributed by atoms with Crippen LogP contribution in [0.5, 0.6) is 0 Å². The number of amides is 1. The molecule has 29 heavy (non-hydrogen) atoms. The Morgan fingerprint density at radius 1 is 1.38 bits per heavy atom. The summed E-state index contributed by atoms with van der Waals surface area (Å²) in [5, 5.41) is 17.7. The van der Waals surface area contributed by atoms with Crippen LogP contribution in [-0.2, 0) is 16.1 Å². The quantitative estimate of drug-likeness (QED) is 0.706. The molecule has 3 aromatic rings. The zero-order chi connectivity index (χ0) is 20.5. The fourth-order valence-corrected chi connectivity index (χ4v) is 3.60. The Kier molecular flexibility index (Phi) is 5.12. The van der Waals surface area contributed by atoms with E-state index in [4.69, 9.17) is 9.15 Å². The summed E-state index contributed by atoms with van der Waals surface area (Å²) in [5.41, 5.74) is 3.14. The van der Waals surface area contributed by atoms with Crippen molar-refractivity contribution in [1.82, 2.24) is 9.78 Å². The third-order valence-electron chi connectivity index (χ3n) is 5.19. The van der Waals surface area contributed by atoms with E-state index in [1.807, 2.05) is 31.2 Å². The number of anilines is 1. The molecule has 1 aromatic carbocycles. The predicted octanol–water partition coefficient (Wildman–Crippen LogP) is 4.10. The summed E-state index contributed by atoms with van der Waals surface area (Å²) in [6.45, 7) is 7.14. The lowest BCUT2D eigenvalue weighted by atomic mass is 10.1. The number of nitrogens with one attached hydrogen (secondary N) is 1. The van der Waals surface area contributed by atoms with Crippen molar-refractivity contribution in [2.45, 2.75) is 52.2 Å². The molecule has 4 rings (SSSR count). The van der Waals surface area contributed by atoms with E-state index in [0.717, 1.165) is 40.8 Å². The van der Waals surface area contributed by atoms with Gasteiger partial charge < -0.3 is 14.5 Å². The minimum Gasteiger partial charge on any atom is -0.460 e. The number of ether oxygens (including phenoxy) is 1. The van der Waals surface area contributed by atoms with E-state index in [1.54, 1.807) is 4.68 Å². The van der Waals surface area contributed by atoms with Crippen molar-refractivity contribution < 1.29 is 13.9 Å². The minimum atomic E-state index is -0.398. The van der Waals surface area contributed by atoms with Gasteiger partial charge in [0.15, 0.2) is 5.82 Å². The molecule has 1 amide bonds. The van der Waals surface area contributed by atoms with Crippen LogP contribution in [0.2, 0.25) is 0 Å². The summed E-state index contributed by atoms with van der Waals surface area (Å²) in [6.07, 6.45) is 1.24. The Balaban J connectivity index is 1.62. The number of aromatic nitrogens is 2. The van der Waals surface area contributed by atoms with Crippen LogP contribution in [0.1, 0.15) is 55.2 Å². The molecule has 150 valence electrons. The van der Waals surface area contributed by atoms with Crippen molar-refractivity contribution in [2.24, 2.45) is 0 Å². The van der Waals surface area contributed by atoms with Crippen LogP contribution in [0.4, 0.5) is 5.82 Å². The van der Waals surface area contributed by atoms with Gasteiger partial charge in [0.1, 0.15) is 17.4 Å². The maximum Gasteiger partial charge on any atom is 0.254 e. The first kappa shape index (κ1) is 19.2. The Labute approximate surface area is 169 Å². The molecule has 1 unspecified atom stereocenters. The summed E-state index contributed by atoms with van der Waals surface area (Å²) < 4.78 is 13.3. The molecule has 1 saturated heterocycles. The monoisotopic (exact) mass is 392 g/mol. The van der Waals surface area contributed by atoms with E-state index in [-0.39, 0.29) is 11.8 Å². The third kappa shape index (κ3) is 3.89. The van der Waals surface area contributed by atoms with Crippen molar-refractivity contribution in [1.29, 1.82) is 5.26 Å². The number of furan rings is 1. The van der Waals surface area contributed by atoms with Gasteiger partial charge in [-0.2, -0.15) is 10.4 Å². The van der Waals surface area contributed by atoms with Gasteiger partial charge in [-0.05, 0) is 38.0 Å². The first-order chi connectivity index (χ1) is 13.9. The zero-order valence-corrected chi connectivity index (χ0v) is 16.9. The van der Waals surface area contributed by atoms with Crippen molar-refractivity contribution in [2.75, 3.05) is 11.9 Å². The lowest BCUT2D eigenvalue weighted by Gasteiger charge is -2.08. The van der Waals surface area contributed by atoms with Crippen molar-refractivity contribution in [3.63, 3.8) is 0 Å². The van der Waals surface area contributed by atoms with Crippen LogP contribution >= 0.6 is 0 Å². The van der Waals surface area contributed by atoms with Gasteiger partial charge in [-0.3, -0.25) is 9.48 Å². The molecule has 0 bridgehead atoms. The maximum absolute atomic E-state index is 12.3. The van der Waals surface area contributed by atoms with Crippen LogP contribution in [0.25, 0.3) is 11.0 Å². The van der Waals surface area contributed by atoms with Gasteiger partial charge in [0.2, 0.25) is 0 Å². The molecule has 2 aromatic heterocycles. The topological polar surface area (TPSA) is 93.1 Å². The van der Waals surface area contributed by atoms with E-state index in [2.05, 4.69) is 30.3 Å². The van der Waals surface area contributed by atoms with Crippen LogP contribution < -0.4 is 5.32 Å². The van der Waals surface area contributed by atoms with Crippen molar-refractivity contribution in [3.05, 3.63) is 46.8 Å². The molecule has 0 saturated carbocycles. The smallest absolute Gasteiger partial charge is 0.254 e. The Hall–Kier alpha value is -3.11. The Bertz CT molecular complexity index is 1100. The number of aryl methyl sites for hydroxylation is 1. The molecule has 1 N–H and O–H groups in total. The molecule has 1 fully saturated rings. The highest BCUT2D eigenvalue weighted by atomic mass is 16.5. The first-order valence-corrected chi connectivity index (χ1v) is 9.88. The molecule has 7 heteroatoms. The fraction of sp³-hybridized carbons (Fsp3) is 0.409. The van der Waals surface area contributed by atoms with E-state index in [1.165, 1.54) is 0 Å². The molecule has 0 radical (unpaired) electrons.